The van der Waals surface area contributed by atoms with Crippen LogP contribution < -0.4 is 0 Å². The van der Waals surface area contributed by atoms with Crippen LogP contribution in [-0.2, 0) is 0 Å². The van der Waals surface area contributed by atoms with Crippen LogP contribution in [0.15, 0.2) is 71.4 Å². The predicted molar refractivity (Wildman–Crippen MR) is 90.0 cm³/mol. The highest BCUT2D eigenvalue weighted by Crippen LogP contribution is 2.34. The topological polar surface area (TPSA) is 51.8 Å². The largest absolute Gasteiger partial charge is 0.454 e. The Bertz CT molecular complexity index is 1180. The first-order chi connectivity index (χ1) is 11.4. The number of fused-ring (bicyclic) bond motifs is 4. The molecule has 0 spiro atoms. The van der Waals surface area contributed by atoms with Crippen LogP contribution in [0.5, 0.6) is 0 Å². The lowest BCUT2D eigenvalue weighted by atomic mass is 10.1. The molecule has 4 nitrogen and oxygen atoms in total. The monoisotopic (exact) mass is 297 g/mol. The first kappa shape index (κ1) is 12.3. The van der Waals surface area contributed by atoms with Crippen LogP contribution in [0.4, 0.5) is 0 Å². The summed E-state index contributed by atoms with van der Waals surface area (Å²) in [7, 11) is 0. The molecular formula is C19H11N3O. The fraction of sp³-hybridized carbons (Fsp3) is 0. The quantitative estimate of drug-likeness (QED) is 0.454. The third-order valence-corrected chi connectivity index (χ3v) is 4.07. The van der Waals surface area contributed by atoms with Gasteiger partial charge in [0.25, 0.3) is 0 Å². The number of rotatable bonds is 1. The van der Waals surface area contributed by atoms with Crippen molar-refractivity contribution in [2.75, 3.05) is 0 Å². The number of pyridine rings is 1. The Morgan fingerprint density at radius 2 is 1.61 bits per heavy atom. The van der Waals surface area contributed by atoms with Gasteiger partial charge in [-0.1, -0.05) is 42.5 Å². The Balaban J connectivity index is 1.87. The second-order valence-corrected chi connectivity index (χ2v) is 5.45. The van der Waals surface area contributed by atoms with Crippen LogP contribution >= 0.6 is 0 Å². The third-order valence-electron chi connectivity index (χ3n) is 4.07. The lowest BCUT2D eigenvalue weighted by molar-refractivity contribution is 0.665. The van der Waals surface area contributed by atoms with Crippen molar-refractivity contribution >= 4 is 32.7 Å². The van der Waals surface area contributed by atoms with Gasteiger partial charge in [-0.25, -0.2) is 0 Å². The van der Waals surface area contributed by atoms with Gasteiger partial charge in [-0.2, -0.15) is 5.10 Å². The molecule has 2 aromatic carbocycles. The number of aromatic nitrogens is 3. The van der Waals surface area contributed by atoms with Gasteiger partial charge in [0.1, 0.15) is 11.3 Å². The number of hydrogen-bond donors (Lipinski definition) is 0. The molecule has 0 amide bonds. The highest BCUT2D eigenvalue weighted by Gasteiger charge is 2.15. The summed E-state index contributed by atoms with van der Waals surface area (Å²) in [6, 6.07) is 18.1. The summed E-state index contributed by atoms with van der Waals surface area (Å²) in [5.74, 6) is 0. The van der Waals surface area contributed by atoms with Gasteiger partial charge in [0.15, 0.2) is 5.58 Å². The molecule has 0 atom stereocenters. The van der Waals surface area contributed by atoms with Crippen molar-refractivity contribution in [2.24, 2.45) is 0 Å². The second-order valence-electron chi connectivity index (χ2n) is 5.45. The minimum absolute atomic E-state index is 0.728. The molecule has 0 aliphatic heterocycles. The molecule has 0 bridgehead atoms. The van der Waals surface area contributed by atoms with E-state index >= 15 is 0 Å². The molecule has 0 fully saturated rings. The van der Waals surface area contributed by atoms with E-state index in [1.807, 2.05) is 54.7 Å². The van der Waals surface area contributed by atoms with Crippen LogP contribution in [0.25, 0.3) is 44.1 Å². The minimum atomic E-state index is 0.728. The van der Waals surface area contributed by atoms with Gasteiger partial charge in [-0.3, -0.25) is 4.98 Å². The summed E-state index contributed by atoms with van der Waals surface area (Å²) >= 11 is 0. The smallest absolute Gasteiger partial charge is 0.157 e. The van der Waals surface area contributed by atoms with E-state index in [0.29, 0.717) is 0 Å². The van der Waals surface area contributed by atoms with Crippen LogP contribution in [0.3, 0.4) is 0 Å². The number of furan rings is 1. The zero-order valence-electron chi connectivity index (χ0n) is 12.1. The Morgan fingerprint density at radius 3 is 2.57 bits per heavy atom. The molecule has 3 aromatic heterocycles. The molecule has 0 saturated carbocycles. The summed E-state index contributed by atoms with van der Waals surface area (Å²) in [5.41, 5.74) is 3.11. The molecule has 0 N–H and O–H groups in total. The SMILES string of the molecule is c1ccc2cc(-c3nncc4oc5ccccc5c34)ncc2c1. The molecule has 5 rings (SSSR count). The van der Waals surface area contributed by atoms with Crippen molar-refractivity contribution in [2.45, 2.75) is 0 Å². The highest BCUT2D eigenvalue weighted by atomic mass is 16.3. The Labute approximate surface area is 131 Å². The van der Waals surface area contributed by atoms with Crippen LogP contribution in [0.2, 0.25) is 0 Å². The first-order valence-electron chi connectivity index (χ1n) is 7.38. The van der Waals surface area contributed by atoms with Gasteiger partial charge in [0, 0.05) is 17.0 Å². The summed E-state index contributed by atoms with van der Waals surface area (Å²) in [5, 5.41) is 12.6. The van der Waals surface area contributed by atoms with E-state index in [4.69, 9.17) is 4.42 Å². The van der Waals surface area contributed by atoms with Crippen LogP contribution in [-0.4, -0.2) is 15.2 Å². The maximum Gasteiger partial charge on any atom is 0.157 e. The third kappa shape index (κ3) is 1.82. The number of para-hydroxylation sites is 1. The molecule has 0 aliphatic carbocycles. The van der Waals surface area contributed by atoms with Crippen LogP contribution in [0.1, 0.15) is 0 Å². The van der Waals surface area contributed by atoms with Crippen molar-refractivity contribution in [1.29, 1.82) is 0 Å². The average molecular weight is 297 g/mol. The van der Waals surface area contributed by atoms with Gasteiger partial charge < -0.3 is 4.42 Å². The molecule has 0 aliphatic rings. The number of benzene rings is 2. The van der Waals surface area contributed by atoms with E-state index in [-0.39, 0.29) is 0 Å². The van der Waals surface area contributed by atoms with Gasteiger partial charge in [-0.15, -0.1) is 5.10 Å². The van der Waals surface area contributed by atoms with Gasteiger partial charge in [0.2, 0.25) is 0 Å². The molecule has 4 heteroatoms. The molecule has 23 heavy (non-hydrogen) atoms. The zero-order chi connectivity index (χ0) is 15.2. The molecule has 3 heterocycles. The van der Waals surface area contributed by atoms with E-state index in [1.165, 1.54) is 0 Å². The molecule has 108 valence electrons. The summed E-state index contributed by atoms with van der Waals surface area (Å²) in [6.45, 7) is 0. The van der Waals surface area contributed by atoms with Gasteiger partial charge in [-0.05, 0) is 17.5 Å². The summed E-state index contributed by atoms with van der Waals surface area (Å²) < 4.78 is 5.87. The van der Waals surface area contributed by atoms with Crippen LogP contribution in [0, 0.1) is 0 Å². The first-order valence-corrected chi connectivity index (χ1v) is 7.38. The standard InChI is InChI=1S/C19H11N3O/c1-2-6-13-10-20-15(9-12(13)5-1)19-18-14-7-3-4-8-16(14)23-17(18)11-21-22-19/h1-11H. The van der Waals surface area contributed by atoms with E-state index in [1.54, 1.807) is 6.20 Å². The summed E-state index contributed by atoms with van der Waals surface area (Å²) in [4.78, 5) is 4.57. The minimum Gasteiger partial charge on any atom is -0.454 e. The highest BCUT2D eigenvalue weighted by molar-refractivity contribution is 6.10. The second kappa shape index (κ2) is 4.61. The molecular weight excluding hydrogens is 286 g/mol. The van der Waals surface area contributed by atoms with Crippen molar-refractivity contribution < 1.29 is 4.42 Å². The Hall–Kier alpha value is -3.27. The maximum absolute atomic E-state index is 5.87. The van der Waals surface area contributed by atoms with E-state index in [2.05, 4.69) is 21.2 Å². The predicted octanol–water partition coefficient (Wildman–Crippen LogP) is 4.59. The number of hydrogen-bond acceptors (Lipinski definition) is 4. The van der Waals surface area contributed by atoms with Crippen molar-refractivity contribution in [3.63, 3.8) is 0 Å². The van der Waals surface area contributed by atoms with E-state index in [0.717, 1.165) is 44.1 Å². The van der Waals surface area contributed by atoms with E-state index < -0.39 is 0 Å². The van der Waals surface area contributed by atoms with Crippen molar-refractivity contribution in [1.82, 2.24) is 15.2 Å². The Kier molecular flexibility index (Phi) is 2.46. The zero-order valence-corrected chi connectivity index (χ0v) is 12.1. The normalized spacial score (nSPS) is 11.5. The molecule has 5 aromatic rings. The lowest BCUT2D eigenvalue weighted by Gasteiger charge is -2.03. The Morgan fingerprint density at radius 1 is 0.783 bits per heavy atom. The molecule has 0 radical (unpaired) electrons. The van der Waals surface area contributed by atoms with Gasteiger partial charge in [0.05, 0.1) is 17.3 Å². The van der Waals surface area contributed by atoms with Gasteiger partial charge >= 0.3 is 0 Å². The molecule has 0 saturated heterocycles. The fourth-order valence-electron chi connectivity index (χ4n) is 2.98. The van der Waals surface area contributed by atoms with E-state index in [9.17, 15) is 0 Å². The molecule has 0 unspecified atom stereocenters. The average Bonchev–Trinajstić information content (AvgIpc) is 3.00. The number of nitrogens with zero attached hydrogens (tertiary/aromatic N) is 3. The van der Waals surface area contributed by atoms with Crippen molar-refractivity contribution in [3.05, 3.63) is 67.0 Å². The lowest BCUT2D eigenvalue weighted by Crippen LogP contribution is -1.91. The maximum atomic E-state index is 5.87. The fourth-order valence-corrected chi connectivity index (χ4v) is 2.98. The summed E-state index contributed by atoms with van der Waals surface area (Å²) in [6.07, 6.45) is 3.52. The van der Waals surface area contributed by atoms with Crippen molar-refractivity contribution in [3.8, 4) is 11.4 Å².